The molecular formula is C10H13N5O2S. The number of fused-ring (bicyclic) bond motifs is 1. The smallest absolute Gasteiger partial charge is 0.166 e. The standard InChI is InChI=1S/C10H13N5O2S/c11-9-8-10(13-3-12-9)15(4-14-8)7-1-5(17)6(2-16)18-7/h3-7,16-17H,1-2H2,(H2,11,12,13)/t5-,6-,7-/m0/s1. The van der Waals surface area contributed by atoms with Crippen LogP contribution in [0, 0.1) is 0 Å². The van der Waals surface area contributed by atoms with Gasteiger partial charge in [0.25, 0.3) is 0 Å². The molecule has 1 fully saturated rings. The lowest BCUT2D eigenvalue weighted by molar-refractivity contribution is 0.138. The number of nitrogens with two attached hydrogens (primary N) is 1. The largest absolute Gasteiger partial charge is 0.395 e. The molecule has 18 heavy (non-hydrogen) atoms. The Morgan fingerprint density at radius 3 is 3.00 bits per heavy atom. The van der Waals surface area contributed by atoms with Crippen molar-refractivity contribution < 1.29 is 10.2 Å². The monoisotopic (exact) mass is 267 g/mol. The van der Waals surface area contributed by atoms with Crippen molar-refractivity contribution in [2.75, 3.05) is 12.3 Å². The minimum absolute atomic E-state index is 0.0106. The second-order valence-electron chi connectivity index (χ2n) is 4.20. The molecule has 0 spiro atoms. The summed E-state index contributed by atoms with van der Waals surface area (Å²) in [5.41, 5.74) is 6.95. The van der Waals surface area contributed by atoms with E-state index in [0.717, 1.165) is 0 Å². The molecule has 8 heteroatoms. The molecular weight excluding hydrogens is 254 g/mol. The highest BCUT2D eigenvalue weighted by Crippen LogP contribution is 2.42. The predicted octanol–water partition coefficient (Wildman–Crippen LogP) is -0.234. The Balaban J connectivity index is 1.99. The molecule has 3 rings (SSSR count). The summed E-state index contributed by atoms with van der Waals surface area (Å²) in [4.78, 5) is 12.3. The number of imidazole rings is 1. The fourth-order valence-corrected chi connectivity index (χ4v) is 3.51. The fraction of sp³-hybridized carbons (Fsp3) is 0.500. The minimum atomic E-state index is -0.512. The third-order valence-corrected chi connectivity index (χ3v) is 4.63. The van der Waals surface area contributed by atoms with E-state index >= 15 is 0 Å². The van der Waals surface area contributed by atoms with Crippen LogP contribution < -0.4 is 5.73 Å². The van der Waals surface area contributed by atoms with Gasteiger partial charge in [-0.15, -0.1) is 11.8 Å². The lowest BCUT2D eigenvalue weighted by atomic mass is 10.2. The van der Waals surface area contributed by atoms with Gasteiger partial charge >= 0.3 is 0 Å². The van der Waals surface area contributed by atoms with Gasteiger partial charge in [-0.1, -0.05) is 0 Å². The molecule has 2 aromatic heterocycles. The molecule has 0 aliphatic carbocycles. The molecule has 3 heterocycles. The SMILES string of the molecule is Nc1ncnc2c1ncn2[C@@H]1C[C@H](O)[C@H](CO)S1. The van der Waals surface area contributed by atoms with Gasteiger partial charge in [0.15, 0.2) is 11.5 Å². The third-order valence-electron chi connectivity index (χ3n) is 3.08. The van der Waals surface area contributed by atoms with Crippen LogP contribution in [0.25, 0.3) is 11.2 Å². The number of anilines is 1. The van der Waals surface area contributed by atoms with Crippen LogP contribution >= 0.6 is 11.8 Å². The molecule has 0 saturated carbocycles. The lowest BCUT2D eigenvalue weighted by Crippen LogP contribution is -2.20. The van der Waals surface area contributed by atoms with E-state index < -0.39 is 6.10 Å². The number of nitrogens with zero attached hydrogens (tertiary/aromatic N) is 4. The molecule has 7 nitrogen and oxygen atoms in total. The minimum Gasteiger partial charge on any atom is -0.395 e. The number of hydrogen-bond acceptors (Lipinski definition) is 7. The van der Waals surface area contributed by atoms with E-state index in [0.29, 0.717) is 23.4 Å². The van der Waals surface area contributed by atoms with Gasteiger partial charge < -0.3 is 20.5 Å². The van der Waals surface area contributed by atoms with Gasteiger partial charge in [0.1, 0.15) is 11.8 Å². The highest BCUT2D eigenvalue weighted by atomic mass is 32.2. The van der Waals surface area contributed by atoms with Gasteiger partial charge in [-0.2, -0.15) is 0 Å². The van der Waals surface area contributed by atoms with Gasteiger partial charge in [0.05, 0.1) is 29.7 Å². The van der Waals surface area contributed by atoms with Crippen LogP contribution in [0.1, 0.15) is 11.8 Å². The van der Waals surface area contributed by atoms with Crippen molar-refractivity contribution in [3.8, 4) is 0 Å². The van der Waals surface area contributed by atoms with E-state index in [2.05, 4.69) is 15.0 Å². The summed E-state index contributed by atoms with van der Waals surface area (Å²) in [6.45, 7) is -0.0356. The van der Waals surface area contributed by atoms with Gasteiger partial charge in [-0.25, -0.2) is 15.0 Å². The number of aliphatic hydroxyl groups is 2. The van der Waals surface area contributed by atoms with Crippen molar-refractivity contribution >= 4 is 28.7 Å². The number of rotatable bonds is 2. The Hall–Kier alpha value is -1.38. The maximum absolute atomic E-state index is 9.81. The normalized spacial score (nSPS) is 28.0. The van der Waals surface area contributed by atoms with Crippen molar-refractivity contribution in [2.45, 2.75) is 23.1 Å². The first-order valence-corrected chi connectivity index (χ1v) is 6.52. The molecule has 0 bridgehead atoms. The van der Waals surface area contributed by atoms with Crippen LogP contribution in [-0.4, -0.2) is 47.7 Å². The quantitative estimate of drug-likeness (QED) is 0.689. The Labute approximate surface area is 107 Å². The van der Waals surface area contributed by atoms with Crippen LogP contribution in [0.2, 0.25) is 0 Å². The van der Waals surface area contributed by atoms with E-state index in [4.69, 9.17) is 10.8 Å². The van der Waals surface area contributed by atoms with Crippen molar-refractivity contribution in [1.82, 2.24) is 19.5 Å². The first kappa shape index (κ1) is 11.7. The zero-order valence-electron chi connectivity index (χ0n) is 9.47. The van der Waals surface area contributed by atoms with Crippen LogP contribution in [0.4, 0.5) is 5.82 Å². The number of hydrogen-bond donors (Lipinski definition) is 3. The number of aromatic nitrogens is 4. The molecule has 0 amide bonds. The lowest BCUT2D eigenvalue weighted by Gasteiger charge is -2.11. The number of nitrogen functional groups attached to an aromatic ring is 1. The van der Waals surface area contributed by atoms with Gasteiger partial charge in [0, 0.05) is 6.42 Å². The van der Waals surface area contributed by atoms with E-state index in [9.17, 15) is 5.11 Å². The first-order valence-electron chi connectivity index (χ1n) is 5.58. The molecule has 0 unspecified atom stereocenters. The summed E-state index contributed by atoms with van der Waals surface area (Å²) >= 11 is 1.52. The average Bonchev–Trinajstić information content (AvgIpc) is 2.93. The molecule has 3 atom stereocenters. The molecule has 0 aromatic carbocycles. The summed E-state index contributed by atoms with van der Waals surface area (Å²) in [5.74, 6) is 0.348. The Morgan fingerprint density at radius 1 is 1.44 bits per heavy atom. The van der Waals surface area contributed by atoms with Crippen LogP contribution in [0.3, 0.4) is 0 Å². The van der Waals surface area contributed by atoms with E-state index in [1.807, 2.05) is 4.57 Å². The third kappa shape index (κ3) is 1.73. The zero-order valence-corrected chi connectivity index (χ0v) is 10.3. The van der Waals surface area contributed by atoms with E-state index in [-0.39, 0.29) is 17.2 Å². The molecule has 0 radical (unpaired) electrons. The highest BCUT2D eigenvalue weighted by Gasteiger charge is 2.35. The van der Waals surface area contributed by atoms with Gasteiger partial charge in [-0.05, 0) is 0 Å². The summed E-state index contributed by atoms with van der Waals surface area (Å²) < 4.78 is 1.87. The summed E-state index contributed by atoms with van der Waals surface area (Å²) in [6.07, 6.45) is 3.10. The van der Waals surface area contributed by atoms with Crippen LogP contribution in [0.15, 0.2) is 12.7 Å². The topological polar surface area (TPSA) is 110 Å². The second kappa shape index (κ2) is 4.38. The zero-order chi connectivity index (χ0) is 12.7. The summed E-state index contributed by atoms with van der Waals surface area (Å²) in [6, 6.07) is 0. The molecule has 1 aliphatic rings. The summed E-state index contributed by atoms with van der Waals surface area (Å²) in [7, 11) is 0. The highest BCUT2D eigenvalue weighted by molar-refractivity contribution is 8.00. The molecule has 1 saturated heterocycles. The Kier molecular flexibility index (Phi) is 2.84. The Morgan fingerprint density at radius 2 is 2.28 bits per heavy atom. The second-order valence-corrected chi connectivity index (χ2v) is 5.62. The van der Waals surface area contributed by atoms with E-state index in [1.54, 1.807) is 6.33 Å². The summed E-state index contributed by atoms with van der Waals surface area (Å²) in [5, 5.41) is 18.8. The molecule has 2 aromatic rings. The maximum atomic E-state index is 9.81. The van der Waals surface area contributed by atoms with Crippen LogP contribution in [0.5, 0.6) is 0 Å². The number of aliphatic hydroxyl groups excluding tert-OH is 2. The Bertz CT molecular complexity index is 574. The van der Waals surface area contributed by atoms with Crippen LogP contribution in [-0.2, 0) is 0 Å². The van der Waals surface area contributed by atoms with Crippen molar-refractivity contribution in [3.05, 3.63) is 12.7 Å². The fourth-order valence-electron chi connectivity index (χ4n) is 2.13. The van der Waals surface area contributed by atoms with Gasteiger partial charge in [0.2, 0.25) is 0 Å². The van der Waals surface area contributed by atoms with E-state index in [1.165, 1.54) is 18.1 Å². The molecule has 96 valence electrons. The van der Waals surface area contributed by atoms with Crippen molar-refractivity contribution in [2.24, 2.45) is 0 Å². The van der Waals surface area contributed by atoms with Crippen molar-refractivity contribution in [3.63, 3.8) is 0 Å². The predicted molar refractivity (Wildman–Crippen MR) is 67.9 cm³/mol. The maximum Gasteiger partial charge on any atom is 0.166 e. The molecule has 4 N–H and O–H groups in total. The van der Waals surface area contributed by atoms with Crippen molar-refractivity contribution in [1.29, 1.82) is 0 Å². The first-order chi connectivity index (χ1) is 8.70. The number of thioether (sulfide) groups is 1. The average molecular weight is 267 g/mol. The van der Waals surface area contributed by atoms with Gasteiger partial charge in [-0.3, -0.25) is 0 Å². The molecule has 1 aliphatic heterocycles.